The molecule has 0 aliphatic heterocycles. The Balaban J connectivity index is 2.58. The lowest BCUT2D eigenvalue weighted by molar-refractivity contribution is 0.408. The Hall–Kier alpha value is -1.55. The molecule has 3 nitrogen and oxygen atoms in total. The Kier molecular flexibility index (Phi) is 3.57. The van der Waals surface area contributed by atoms with Crippen LogP contribution in [0.3, 0.4) is 0 Å². The zero-order chi connectivity index (χ0) is 13.3. The zero-order valence-electron chi connectivity index (χ0n) is 11.4. The molecule has 1 aromatic heterocycles. The summed E-state index contributed by atoms with van der Waals surface area (Å²) in [7, 11) is 3.61. The highest BCUT2D eigenvalue weighted by Crippen LogP contribution is 2.35. The second-order valence-electron chi connectivity index (χ2n) is 4.31. The Morgan fingerprint density at radius 2 is 1.94 bits per heavy atom. The van der Waals surface area contributed by atoms with E-state index >= 15 is 0 Å². The molecule has 1 N–H and O–H groups in total. The number of nitrogens with one attached hydrogen (secondary N) is 1. The van der Waals surface area contributed by atoms with Gasteiger partial charge in [-0.2, -0.15) is 0 Å². The fourth-order valence-electron chi connectivity index (χ4n) is 2.15. The minimum absolute atomic E-state index is 0.940. The number of hydrogen-bond donors (Lipinski definition) is 1. The van der Waals surface area contributed by atoms with Crippen molar-refractivity contribution < 1.29 is 4.74 Å². The van der Waals surface area contributed by atoms with Crippen LogP contribution in [0.2, 0.25) is 0 Å². The van der Waals surface area contributed by atoms with Gasteiger partial charge in [-0.15, -0.1) is 11.3 Å². The minimum atomic E-state index is 0.940. The second kappa shape index (κ2) is 4.98. The van der Waals surface area contributed by atoms with E-state index < -0.39 is 0 Å². The molecule has 0 saturated carbocycles. The fraction of sp³-hybridized carbons (Fsp3) is 0.357. The highest BCUT2D eigenvalue weighted by Gasteiger charge is 2.13. The van der Waals surface area contributed by atoms with Crippen LogP contribution in [0.5, 0.6) is 5.75 Å². The maximum absolute atomic E-state index is 5.44. The first kappa shape index (κ1) is 12.9. The highest BCUT2D eigenvalue weighted by atomic mass is 32.1. The van der Waals surface area contributed by atoms with Crippen molar-refractivity contribution in [2.45, 2.75) is 20.8 Å². The predicted octanol–water partition coefficient (Wildman–Crippen LogP) is 3.79. The molecule has 2 rings (SSSR count). The van der Waals surface area contributed by atoms with Gasteiger partial charge in [-0.1, -0.05) is 0 Å². The third kappa shape index (κ3) is 2.08. The molecule has 1 aromatic carbocycles. The number of anilines is 1. The van der Waals surface area contributed by atoms with Crippen LogP contribution in [0.15, 0.2) is 11.4 Å². The molecule has 0 bridgehead atoms. The van der Waals surface area contributed by atoms with Crippen LogP contribution in [0, 0.1) is 20.8 Å². The highest BCUT2D eigenvalue weighted by molar-refractivity contribution is 7.14. The van der Waals surface area contributed by atoms with E-state index in [-0.39, 0.29) is 0 Å². The Morgan fingerprint density at radius 1 is 1.22 bits per heavy atom. The number of rotatable bonds is 3. The van der Waals surface area contributed by atoms with E-state index in [0.29, 0.717) is 0 Å². The summed E-state index contributed by atoms with van der Waals surface area (Å²) in [5.74, 6) is 0.973. The van der Waals surface area contributed by atoms with Crippen molar-refractivity contribution in [3.63, 3.8) is 0 Å². The average Bonchev–Trinajstić information content (AvgIpc) is 2.83. The molecule has 4 heteroatoms. The molecule has 18 heavy (non-hydrogen) atoms. The molecular formula is C14H18N2OS. The van der Waals surface area contributed by atoms with Crippen LogP contribution in [0.4, 0.5) is 5.13 Å². The maximum Gasteiger partial charge on any atom is 0.182 e. The lowest BCUT2D eigenvalue weighted by atomic mass is 9.97. The summed E-state index contributed by atoms with van der Waals surface area (Å²) in [6.07, 6.45) is 0. The summed E-state index contributed by atoms with van der Waals surface area (Å²) in [6.45, 7) is 6.28. The maximum atomic E-state index is 5.44. The van der Waals surface area contributed by atoms with Gasteiger partial charge in [-0.3, -0.25) is 0 Å². The van der Waals surface area contributed by atoms with Crippen LogP contribution in [-0.2, 0) is 0 Å². The molecule has 0 aliphatic carbocycles. The standard InChI is InChI=1S/C14H18N2OS/c1-8-6-11(9(2)10(3)13(8)17-5)12-7-18-14(15-4)16-12/h6-7H,1-5H3,(H,15,16). The fourth-order valence-corrected chi connectivity index (χ4v) is 2.82. The lowest BCUT2D eigenvalue weighted by Crippen LogP contribution is -1.96. The van der Waals surface area contributed by atoms with Crippen LogP contribution in [0.1, 0.15) is 16.7 Å². The molecule has 1 heterocycles. The van der Waals surface area contributed by atoms with Crippen LogP contribution in [-0.4, -0.2) is 19.1 Å². The summed E-state index contributed by atoms with van der Waals surface area (Å²) in [5.41, 5.74) is 5.77. The number of ether oxygens (including phenoxy) is 1. The van der Waals surface area contributed by atoms with Gasteiger partial charge in [0.15, 0.2) is 5.13 Å². The van der Waals surface area contributed by atoms with Crippen molar-refractivity contribution in [3.05, 3.63) is 28.1 Å². The molecule has 96 valence electrons. The van der Waals surface area contributed by atoms with Crippen molar-refractivity contribution in [1.82, 2.24) is 4.98 Å². The van der Waals surface area contributed by atoms with E-state index in [1.54, 1.807) is 18.4 Å². The van der Waals surface area contributed by atoms with Crippen molar-refractivity contribution in [1.29, 1.82) is 0 Å². The van der Waals surface area contributed by atoms with Gasteiger partial charge in [0, 0.05) is 18.0 Å². The van der Waals surface area contributed by atoms with Gasteiger partial charge in [-0.25, -0.2) is 4.98 Å². The summed E-state index contributed by atoms with van der Waals surface area (Å²) in [5, 5.41) is 6.09. The van der Waals surface area contributed by atoms with Gasteiger partial charge in [0.05, 0.1) is 12.8 Å². The van der Waals surface area contributed by atoms with Crippen LogP contribution >= 0.6 is 11.3 Å². The first-order valence-electron chi connectivity index (χ1n) is 5.87. The normalized spacial score (nSPS) is 10.5. The van der Waals surface area contributed by atoms with E-state index in [4.69, 9.17) is 4.74 Å². The summed E-state index contributed by atoms with van der Waals surface area (Å²) in [6, 6.07) is 2.15. The van der Waals surface area contributed by atoms with Crippen molar-refractivity contribution in [2.75, 3.05) is 19.5 Å². The number of thiazole rings is 1. The molecule has 0 unspecified atom stereocenters. The molecule has 0 spiro atoms. The molecule has 0 fully saturated rings. The Morgan fingerprint density at radius 3 is 2.50 bits per heavy atom. The first-order valence-corrected chi connectivity index (χ1v) is 6.75. The summed E-state index contributed by atoms with van der Waals surface area (Å²) in [4.78, 5) is 4.56. The topological polar surface area (TPSA) is 34.2 Å². The molecule has 0 radical (unpaired) electrons. The van der Waals surface area contributed by atoms with E-state index in [2.05, 4.69) is 42.5 Å². The molecule has 2 aromatic rings. The van der Waals surface area contributed by atoms with E-state index in [1.165, 1.54) is 16.7 Å². The number of aromatic nitrogens is 1. The van der Waals surface area contributed by atoms with Crippen LogP contribution in [0.25, 0.3) is 11.3 Å². The molecule has 0 aliphatic rings. The lowest BCUT2D eigenvalue weighted by Gasteiger charge is -2.14. The van der Waals surface area contributed by atoms with Crippen molar-refractivity contribution in [3.8, 4) is 17.0 Å². The molecular weight excluding hydrogens is 244 g/mol. The van der Waals surface area contributed by atoms with Gasteiger partial charge in [-0.05, 0) is 43.5 Å². The average molecular weight is 262 g/mol. The van der Waals surface area contributed by atoms with E-state index in [9.17, 15) is 0 Å². The molecule has 0 amide bonds. The summed E-state index contributed by atoms with van der Waals surface area (Å²) >= 11 is 1.62. The van der Waals surface area contributed by atoms with Crippen molar-refractivity contribution in [2.24, 2.45) is 0 Å². The summed E-state index contributed by atoms with van der Waals surface area (Å²) < 4.78 is 5.44. The molecule has 0 atom stereocenters. The van der Waals surface area contributed by atoms with E-state index in [0.717, 1.165) is 22.1 Å². The van der Waals surface area contributed by atoms with Gasteiger partial charge < -0.3 is 10.1 Å². The SMILES string of the molecule is CNc1nc(-c2cc(C)c(OC)c(C)c2C)cs1. The third-order valence-corrected chi connectivity index (χ3v) is 4.08. The number of methoxy groups -OCH3 is 1. The number of hydrogen-bond acceptors (Lipinski definition) is 4. The van der Waals surface area contributed by atoms with Crippen molar-refractivity contribution >= 4 is 16.5 Å². The minimum Gasteiger partial charge on any atom is -0.496 e. The Labute approximate surface area is 112 Å². The van der Waals surface area contributed by atoms with Crippen LogP contribution < -0.4 is 10.1 Å². The first-order chi connectivity index (χ1) is 8.58. The third-order valence-electron chi connectivity index (χ3n) is 3.22. The van der Waals surface area contributed by atoms with Gasteiger partial charge >= 0.3 is 0 Å². The number of nitrogens with zero attached hydrogens (tertiary/aromatic N) is 1. The Bertz CT molecular complexity index is 575. The second-order valence-corrected chi connectivity index (χ2v) is 5.17. The number of aryl methyl sites for hydroxylation is 1. The molecule has 0 saturated heterocycles. The zero-order valence-corrected chi connectivity index (χ0v) is 12.2. The van der Waals surface area contributed by atoms with E-state index in [1.807, 2.05) is 7.05 Å². The van der Waals surface area contributed by atoms with Gasteiger partial charge in [0.2, 0.25) is 0 Å². The smallest absolute Gasteiger partial charge is 0.182 e. The number of benzene rings is 1. The van der Waals surface area contributed by atoms with Gasteiger partial charge in [0.1, 0.15) is 5.75 Å². The van der Waals surface area contributed by atoms with Gasteiger partial charge in [0.25, 0.3) is 0 Å². The largest absolute Gasteiger partial charge is 0.496 e. The monoisotopic (exact) mass is 262 g/mol. The quantitative estimate of drug-likeness (QED) is 0.914. The predicted molar refractivity (Wildman–Crippen MR) is 77.9 cm³/mol.